The molecule has 1 aromatic carbocycles. The number of anilines is 1. The van der Waals surface area contributed by atoms with E-state index in [2.05, 4.69) is 28.7 Å². The number of aromatic nitrogens is 2. The molecule has 6 heteroatoms. The molecule has 1 fully saturated rings. The van der Waals surface area contributed by atoms with Gasteiger partial charge in [0.1, 0.15) is 12.1 Å². The summed E-state index contributed by atoms with van der Waals surface area (Å²) < 4.78 is 0.191. The fourth-order valence-electron chi connectivity index (χ4n) is 2.63. The maximum absolute atomic E-state index is 11.1. The van der Waals surface area contributed by atoms with E-state index < -0.39 is 5.97 Å². The maximum Gasteiger partial charge on any atom is 0.335 e. The van der Waals surface area contributed by atoms with Gasteiger partial charge in [-0.25, -0.2) is 14.8 Å². The van der Waals surface area contributed by atoms with Gasteiger partial charge in [-0.05, 0) is 32.0 Å². The van der Waals surface area contributed by atoms with Gasteiger partial charge in [-0.2, -0.15) is 11.8 Å². The summed E-state index contributed by atoms with van der Waals surface area (Å²) >= 11 is 1.97. The van der Waals surface area contributed by atoms with E-state index in [0.717, 1.165) is 30.0 Å². The number of hydrogen-bond donors (Lipinski definition) is 1. The minimum absolute atomic E-state index is 0.191. The molecule has 0 amide bonds. The number of hydrogen-bond acceptors (Lipinski definition) is 5. The number of thioether (sulfide) groups is 1. The lowest BCUT2D eigenvalue weighted by Crippen LogP contribution is -2.43. The molecule has 0 saturated carbocycles. The predicted octanol–water partition coefficient (Wildman–Crippen LogP) is 2.66. The molecule has 21 heavy (non-hydrogen) atoms. The molecule has 0 aliphatic carbocycles. The minimum Gasteiger partial charge on any atom is -0.478 e. The first kappa shape index (κ1) is 14.1. The van der Waals surface area contributed by atoms with Crippen molar-refractivity contribution in [1.82, 2.24) is 9.97 Å². The highest BCUT2D eigenvalue weighted by molar-refractivity contribution is 8.00. The van der Waals surface area contributed by atoms with Gasteiger partial charge in [0.2, 0.25) is 0 Å². The van der Waals surface area contributed by atoms with Gasteiger partial charge in [-0.15, -0.1) is 0 Å². The van der Waals surface area contributed by atoms with E-state index in [4.69, 9.17) is 5.11 Å². The highest BCUT2D eigenvalue weighted by Gasteiger charge is 2.28. The molecule has 0 bridgehead atoms. The van der Waals surface area contributed by atoms with E-state index in [1.165, 1.54) is 6.33 Å². The van der Waals surface area contributed by atoms with Gasteiger partial charge in [0.05, 0.1) is 11.1 Å². The molecule has 0 radical (unpaired) electrons. The molecule has 0 unspecified atom stereocenters. The Balaban J connectivity index is 2.05. The Morgan fingerprint density at radius 3 is 2.90 bits per heavy atom. The number of nitrogens with zero attached hydrogens (tertiary/aromatic N) is 3. The van der Waals surface area contributed by atoms with E-state index in [9.17, 15) is 4.79 Å². The van der Waals surface area contributed by atoms with Crippen molar-refractivity contribution in [2.75, 3.05) is 23.7 Å². The lowest BCUT2D eigenvalue weighted by atomic mass is 10.1. The summed E-state index contributed by atoms with van der Waals surface area (Å²) in [7, 11) is 0. The molecule has 1 N–H and O–H groups in total. The van der Waals surface area contributed by atoms with E-state index in [-0.39, 0.29) is 10.3 Å². The molecule has 2 aromatic rings. The molecule has 2 heterocycles. The quantitative estimate of drug-likeness (QED) is 0.920. The summed E-state index contributed by atoms with van der Waals surface area (Å²) in [5, 5.41) is 9.98. The molecule has 3 rings (SSSR count). The summed E-state index contributed by atoms with van der Waals surface area (Å²) in [5.41, 5.74) is 0.928. The number of carboxylic acid groups (broad SMARTS) is 1. The van der Waals surface area contributed by atoms with Crippen LogP contribution in [0.3, 0.4) is 0 Å². The molecule has 5 nitrogen and oxygen atoms in total. The third-order valence-corrected chi connectivity index (χ3v) is 4.88. The van der Waals surface area contributed by atoms with Gasteiger partial charge in [-0.3, -0.25) is 0 Å². The van der Waals surface area contributed by atoms with Crippen LogP contribution >= 0.6 is 11.8 Å². The summed E-state index contributed by atoms with van der Waals surface area (Å²) in [5.74, 6) is 1.02. The summed E-state index contributed by atoms with van der Waals surface area (Å²) in [6.07, 6.45) is 1.51. The van der Waals surface area contributed by atoms with Crippen LogP contribution in [-0.4, -0.2) is 44.6 Å². The van der Waals surface area contributed by atoms with Crippen molar-refractivity contribution >= 4 is 34.5 Å². The molecule has 0 atom stereocenters. The normalized spacial score (nSPS) is 17.9. The Morgan fingerprint density at radius 2 is 2.19 bits per heavy atom. The second kappa shape index (κ2) is 5.18. The molecule has 1 aliphatic rings. The van der Waals surface area contributed by atoms with Gasteiger partial charge in [-0.1, -0.05) is 0 Å². The topological polar surface area (TPSA) is 66.3 Å². The number of benzene rings is 1. The van der Waals surface area contributed by atoms with Crippen LogP contribution in [-0.2, 0) is 0 Å². The van der Waals surface area contributed by atoms with Crippen LogP contribution < -0.4 is 4.90 Å². The van der Waals surface area contributed by atoms with Crippen LogP contribution in [0.1, 0.15) is 24.2 Å². The fourth-order valence-corrected chi connectivity index (χ4v) is 3.74. The Labute approximate surface area is 127 Å². The van der Waals surface area contributed by atoms with Crippen molar-refractivity contribution in [3.63, 3.8) is 0 Å². The maximum atomic E-state index is 11.1. The summed E-state index contributed by atoms with van der Waals surface area (Å²) in [4.78, 5) is 22.0. The molecule has 1 saturated heterocycles. The van der Waals surface area contributed by atoms with Gasteiger partial charge in [0.25, 0.3) is 0 Å². The Hall–Kier alpha value is -1.82. The largest absolute Gasteiger partial charge is 0.478 e. The average Bonchev–Trinajstić information content (AvgIpc) is 2.45. The molecule has 0 spiro atoms. The molecular weight excluding hydrogens is 286 g/mol. The first-order valence-electron chi connectivity index (χ1n) is 6.83. The molecular formula is C15H17N3O2S. The van der Waals surface area contributed by atoms with E-state index in [0.29, 0.717) is 5.52 Å². The first-order valence-corrected chi connectivity index (χ1v) is 7.82. The second-order valence-corrected chi connectivity index (χ2v) is 7.57. The first-order chi connectivity index (χ1) is 9.96. The smallest absolute Gasteiger partial charge is 0.335 e. The third kappa shape index (κ3) is 2.81. The zero-order valence-corrected chi connectivity index (χ0v) is 12.9. The number of rotatable bonds is 2. The summed E-state index contributed by atoms with van der Waals surface area (Å²) in [6, 6.07) is 5.02. The zero-order valence-electron chi connectivity index (χ0n) is 12.0. The Morgan fingerprint density at radius 1 is 1.38 bits per heavy atom. The highest BCUT2D eigenvalue weighted by Crippen LogP contribution is 2.33. The van der Waals surface area contributed by atoms with Crippen molar-refractivity contribution in [3.05, 3.63) is 30.1 Å². The van der Waals surface area contributed by atoms with Crippen molar-refractivity contribution < 1.29 is 9.90 Å². The van der Waals surface area contributed by atoms with Crippen molar-refractivity contribution in [3.8, 4) is 0 Å². The molecule has 1 aliphatic heterocycles. The lowest BCUT2D eigenvalue weighted by molar-refractivity contribution is 0.0697. The highest BCUT2D eigenvalue weighted by atomic mass is 32.2. The van der Waals surface area contributed by atoms with E-state index in [1.54, 1.807) is 12.1 Å². The monoisotopic (exact) mass is 303 g/mol. The predicted molar refractivity (Wildman–Crippen MR) is 85.2 cm³/mol. The van der Waals surface area contributed by atoms with Gasteiger partial charge in [0.15, 0.2) is 0 Å². The number of fused-ring (bicyclic) bond motifs is 1. The second-order valence-electron chi connectivity index (χ2n) is 5.76. The van der Waals surface area contributed by atoms with Crippen molar-refractivity contribution in [2.24, 2.45) is 0 Å². The van der Waals surface area contributed by atoms with Gasteiger partial charge < -0.3 is 10.0 Å². The zero-order chi connectivity index (χ0) is 15.0. The van der Waals surface area contributed by atoms with Crippen LogP contribution in [0.2, 0.25) is 0 Å². The van der Waals surface area contributed by atoms with Gasteiger partial charge in [0, 0.05) is 29.0 Å². The third-order valence-electron chi connectivity index (χ3n) is 3.59. The molecule has 1 aromatic heterocycles. The summed E-state index contributed by atoms with van der Waals surface area (Å²) in [6.45, 7) is 6.33. The SMILES string of the molecule is CC1(C)CN(c2ncnc3cc(C(=O)O)ccc23)CCS1. The molecule has 110 valence electrons. The lowest BCUT2D eigenvalue weighted by Gasteiger charge is -2.38. The Bertz CT molecular complexity index is 702. The average molecular weight is 303 g/mol. The fraction of sp³-hybridized carbons (Fsp3) is 0.400. The van der Waals surface area contributed by atoms with Crippen LogP contribution in [0.25, 0.3) is 10.9 Å². The number of aromatic carboxylic acids is 1. The standard InChI is InChI=1S/C15H17N3O2S/c1-15(2)8-18(5-6-21-15)13-11-4-3-10(14(19)20)7-12(11)16-9-17-13/h3-4,7,9H,5-6,8H2,1-2H3,(H,19,20). The van der Waals surface area contributed by atoms with E-state index >= 15 is 0 Å². The number of carboxylic acids is 1. The van der Waals surface area contributed by atoms with Crippen LogP contribution in [0.4, 0.5) is 5.82 Å². The van der Waals surface area contributed by atoms with Crippen LogP contribution in [0.5, 0.6) is 0 Å². The van der Waals surface area contributed by atoms with E-state index in [1.807, 2.05) is 17.8 Å². The van der Waals surface area contributed by atoms with Gasteiger partial charge >= 0.3 is 5.97 Å². The minimum atomic E-state index is -0.937. The van der Waals surface area contributed by atoms with Crippen LogP contribution in [0, 0.1) is 0 Å². The van der Waals surface area contributed by atoms with Crippen molar-refractivity contribution in [1.29, 1.82) is 0 Å². The van der Waals surface area contributed by atoms with Crippen LogP contribution in [0.15, 0.2) is 24.5 Å². The number of carbonyl (C=O) groups is 1. The van der Waals surface area contributed by atoms with Crippen molar-refractivity contribution in [2.45, 2.75) is 18.6 Å². The Kier molecular flexibility index (Phi) is 3.49.